The van der Waals surface area contributed by atoms with E-state index >= 15 is 0 Å². The van der Waals surface area contributed by atoms with Crippen molar-refractivity contribution in [3.05, 3.63) is 33.2 Å². The SMILES string of the molecule is Brc1ccccc1Br.I. The van der Waals surface area contributed by atoms with Crippen LogP contribution >= 0.6 is 55.8 Å². The van der Waals surface area contributed by atoms with E-state index in [9.17, 15) is 0 Å². The van der Waals surface area contributed by atoms with E-state index in [1.54, 1.807) is 0 Å². The second kappa shape index (κ2) is 4.68. The van der Waals surface area contributed by atoms with Crippen LogP contribution in [0.4, 0.5) is 0 Å². The highest BCUT2D eigenvalue weighted by Crippen LogP contribution is 2.20. The highest BCUT2D eigenvalue weighted by Gasteiger charge is 1.88. The van der Waals surface area contributed by atoms with Gasteiger partial charge in [-0.05, 0) is 44.0 Å². The minimum absolute atomic E-state index is 0. The number of hydrogen-bond acceptors (Lipinski definition) is 0. The molecule has 0 nitrogen and oxygen atoms in total. The van der Waals surface area contributed by atoms with Crippen LogP contribution in [-0.2, 0) is 0 Å². The third-order valence-corrected chi connectivity index (χ3v) is 2.74. The van der Waals surface area contributed by atoms with Gasteiger partial charge in [-0.15, -0.1) is 24.0 Å². The fourth-order valence-corrected chi connectivity index (χ4v) is 1.01. The fraction of sp³-hybridized carbons (Fsp3) is 0. The molecule has 9 heavy (non-hydrogen) atoms. The highest BCUT2D eigenvalue weighted by molar-refractivity contribution is 14.0. The van der Waals surface area contributed by atoms with E-state index in [0.717, 1.165) is 8.95 Å². The van der Waals surface area contributed by atoms with Gasteiger partial charge in [-0.1, -0.05) is 12.1 Å². The maximum absolute atomic E-state index is 3.35. The summed E-state index contributed by atoms with van der Waals surface area (Å²) in [6.07, 6.45) is 0. The molecule has 0 aliphatic carbocycles. The Kier molecular flexibility index (Phi) is 5.16. The van der Waals surface area contributed by atoms with Crippen LogP contribution in [0.5, 0.6) is 0 Å². The lowest BCUT2D eigenvalue weighted by molar-refractivity contribution is 1.59. The normalized spacial score (nSPS) is 8.22. The first-order chi connectivity index (χ1) is 3.80. The second-order valence-electron chi connectivity index (χ2n) is 1.41. The monoisotopic (exact) mass is 362 g/mol. The van der Waals surface area contributed by atoms with E-state index in [1.807, 2.05) is 24.3 Å². The largest absolute Gasteiger partial charge is 0.107 e. The van der Waals surface area contributed by atoms with Crippen molar-refractivity contribution in [2.75, 3.05) is 0 Å². The lowest BCUT2D eigenvalue weighted by Gasteiger charge is -1.89. The first-order valence-electron chi connectivity index (χ1n) is 2.21. The van der Waals surface area contributed by atoms with Crippen molar-refractivity contribution < 1.29 is 0 Å². The molecule has 0 unspecified atom stereocenters. The maximum Gasteiger partial charge on any atom is 0.0317 e. The van der Waals surface area contributed by atoms with E-state index in [1.165, 1.54) is 0 Å². The molecule has 0 amide bonds. The molecule has 3 heteroatoms. The Morgan fingerprint density at radius 2 is 1.22 bits per heavy atom. The summed E-state index contributed by atoms with van der Waals surface area (Å²) in [5.74, 6) is 0. The Balaban J connectivity index is 0.000000640. The summed E-state index contributed by atoms with van der Waals surface area (Å²) in [6.45, 7) is 0. The average molecular weight is 364 g/mol. The summed E-state index contributed by atoms with van der Waals surface area (Å²) >= 11 is 6.70. The van der Waals surface area contributed by atoms with Gasteiger partial charge in [0.25, 0.3) is 0 Å². The number of hydrogen-bond donors (Lipinski definition) is 0. The zero-order valence-electron chi connectivity index (χ0n) is 4.47. The van der Waals surface area contributed by atoms with Crippen LogP contribution in [0.2, 0.25) is 0 Å². The first-order valence-corrected chi connectivity index (χ1v) is 3.79. The van der Waals surface area contributed by atoms with E-state index in [2.05, 4.69) is 31.9 Å². The predicted octanol–water partition coefficient (Wildman–Crippen LogP) is 3.83. The van der Waals surface area contributed by atoms with Crippen LogP contribution in [0, 0.1) is 0 Å². The van der Waals surface area contributed by atoms with Gasteiger partial charge in [0.2, 0.25) is 0 Å². The summed E-state index contributed by atoms with van der Waals surface area (Å²) < 4.78 is 2.19. The lowest BCUT2D eigenvalue weighted by Crippen LogP contribution is -1.63. The van der Waals surface area contributed by atoms with Gasteiger partial charge in [-0.2, -0.15) is 0 Å². The molecular formula is C6H5Br2I. The topological polar surface area (TPSA) is 0 Å². The quantitative estimate of drug-likeness (QED) is 0.615. The summed E-state index contributed by atoms with van der Waals surface area (Å²) in [5, 5.41) is 0. The van der Waals surface area contributed by atoms with Crippen LogP contribution in [0.3, 0.4) is 0 Å². The number of benzene rings is 1. The van der Waals surface area contributed by atoms with Crippen molar-refractivity contribution in [1.82, 2.24) is 0 Å². The van der Waals surface area contributed by atoms with Gasteiger partial charge < -0.3 is 0 Å². The van der Waals surface area contributed by atoms with Gasteiger partial charge in [-0.3, -0.25) is 0 Å². The standard InChI is InChI=1S/C6H4Br2.HI/c7-5-3-1-2-4-6(5)8;/h1-4H;1H. The van der Waals surface area contributed by atoms with Crippen molar-refractivity contribution in [3.63, 3.8) is 0 Å². The third kappa shape index (κ3) is 3.00. The average Bonchev–Trinajstić information content (AvgIpc) is 1.77. The molecule has 0 aliphatic rings. The Hall–Kier alpha value is 0.910. The van der Waals surface area contributed by atoms with Crippen molar-refractivity contribution in [2.45, 2.75) is 0 Å². The van der Waals surface area contributed by atoms with Gasteiger partial charge >= 0.3 is 0 Å². The molecule has 0 saturated carbocycles. The Morgan fingerprint density at radius 1 is 0.889 bits per heavy atom. The van der Waals surface area contributed by atoms with E-state index in [-0.39, 0.29) is 24.0 Å². The molecule has 0 bridgehead atoms. The molecule has 50 valence electrons. The van der Waals surface area contributed by atoms with Crippen molar-refractivity contribution in [2.24, 2.45) is 0 Å². The fourth-order valence-electron chi connectivity index (χ4n) is 0.439. The molecule has 0 heterocycles. The number of rotatable bonds is 0. The predicted molar refractivity (Wildman–Crippen MR) is 57.3 cm³/mol. The van der Waals surface area contributed by atoms with Gasteiger partial charge in [-0.25, -0.2) is 0 Å². The zero-order chi connectivity index (χ0) is 5.98. The molecule has 0 N–H and O–H groups in total. The molecule has 0 aliphatic heterocycles. The summed E-state index contributed by atoms with van der Waals surface area (Å²) in [6, 6.07) is 7.94. The van der Waals surface area contributed by atoms with Gasteiger partial charge in [0.15, 0.2) is 0 Å². The third-order valence-electron chi connectivity index (χ3n) is 0.824. The Morgan fingerprint density at radius 3 is 1.44 bits per heavy atom. The Labute approximate surface area is 88.3 Å². The molecule has 0 aromatic heterocycles. The van der Waals surface area contributed by atoms with Crippen LogP contribution in [0.1, 0.15) is 0 Å². The minimum Gasteiger partial charge on any atom is -0.107 e. The molecule has 0 saturated heterocycles. The molecule has 0 atom stereocenters. The summed E-state index contributed by atoms with van der Waals surface area (Å²) in [4.78, 5) is 0. The Bertz CT molecular complexity index is 167. The molecule has 1 aromatic rings. The van der Waals surface area contributed by atoms with E-state index in [0.29, 0.717) is 0 Å². The molecule has 0 fully saturated rings. The zero-order valence-corrected chi connectivity index (χ0v) is 9.98. The molecule has 1 rings (SSSR count). The lowest BCUT2D eigenvalue weighted by atomic mass is 10.4. The smallest absolute Gasteiger partial charge is 0.0317 e. The molecule has 1 aromatic carbocycles. The molecular weight excluding hydrogens is 359 g/mol. The second-order valence-corrected chi connectivity index (χ2v) is 3.12. The van der Waals surface area contributed by atoms with Crippen LogP contribution < -0.4 is 0 Å². The van der Waals surface area contributed by atoms with Crippen molar-refractivity contribution in [3.8, 4) is 0 Å². The van der Waals surface area contributed by atoms with E-state index < -0.39 is 0 Å². The van der Waals surface area contributed by atoms with Crippen LogP contribution in [0.15, 0.2) is 33.2 Å². The molecule has 0 radical (unpaired) electrons. The van der Waals surface area contributed by atoms with Gasteiger partial charge in [0, 0.05) is 8.95 Å². The first kappa shape index (κ1) is 9.91. The molecule has 0 spiro atoms. The van der Waals surface area contributed by atoms with Crippen molar-refractivity contribution >= 4 is 55.8 Å². The highest BCUT2D eigenvalue weighted by atomic mass is 127. The van der Waals surface area contributed by atoms with E-state index in [4.69, 9.17) is 0 Å². The van der Waals surface area contributed by atoms with Gasteiger partial charge in [0.05, 0.1) is 0 Å². The van der Waals surface area contributed by atoms with Crippen molar-refractivity contribution in [1.29, 1.82) is 0 Å². The number of halogens is 3. The summed E-state index contributed by atoms with van der Waals surface area (Å²) in [7, 11) is 0. The maximum atomic E-state index is 3.35. The minimum atomic E-state index is 0. The van der Waals surface area contributed by atoms with Crippen LogP contribution in [0.25, 0.3) is 0 Å². The summed E-state index contributed by atoms with van der Waals surface area (Å²) in [5.41, 5.74) is 0. The van der Waals surface area contributed by atoms with Gasteiger partial charge in [0.1, 0.15) is 0 Å². The van der Waals surface area contributed by atoms with Crippen LogP contribution in [-0.4, -0.2) is 0 Å².